The first-order chi connectivity index (χ1) is 16.3. The molecule has 1 N–H and O–H groups in total. The number of Topliss-reactive ketones (excluding diaryl/α,β-unsaturated/α-hetero) is 1. The van der Waals surface area contributed by atoms with Crippen LogP contribution in [-0.4, -0.2) is 27.9 Å². The van der Waals surface area contributed by atoms with Crippen molar-refractivity contribution in [2.75, 3.05) is 4.90 Å². The largest absolute Gasteiger partial charge is 0.507 e. The Kier molecular flexibility index (Phi) is 6.50. The second-order valence-electron chi connectivity index (χ2n) is 8.87. The highest BCUT2D eigenvalue weighted by Gasteiger charge is 2.47. The van der Waals surface area contributed by atoms with Crippen LogP contribution in [0.1, 0.15) is 56.3 Å². The Morgan fingerprint density at radius 3 is 2.18 bits per heavy atom. The van der Waals surface area contributed by atoms with Gasteiger partial charge in [0.2, 0.25) is 0 Å². The number of aromatic nitrogens is 1. The predicted octanol–water partition coefficient (Wildman–Crippen LogP) is 5.62. The summed E-state index contributed by atoms with van der Waals surface area (Å²) in [7, 11) is 0. The average molecular weight is 457 g/mol. The number of carbonyl (C=O) groups is 2. The molecule has 1 aromatic heterocycles. The number of amides is 1. The van der Waals surface area contributed by atoms with E-state index in [-0.39, 0.29) is 17.4 Å². The van der Waals surface area contributed by atoms with Gasteiger partial charge in [-0.25, -0.2) is 4.98 Å². The summed E-state index contributed by atoms with van der Waals surface area (Å²) in [6, 6.07) is 19.0. The summed E-state index contributed by atoms with van der Waals surface area (Å²) >= 11 is 0. The summed E-state index contributed by atoms with van der Waals surface area (Å²) < 4.78 is 5.67. The van der Waals surface area contributed by atoms with Crippen LogP contribution in [0.5, 0.6) is 5.75 Å². The molecule has 34 heavy (non-hydrogen) atoms. The molecular weight excluding hydrogens is 428 g/mol. The molecule has 1 amide bonds. The van der Waals surface area contributed by atoms with Crippen molar-refractivity contribution < 1.29 is 19.4 Å². The van der Waals surface area contributed by atoms with Gasteiger partial charge in [-0.05, 0) is 67.3 Å². The van der Waals surface area contributed by atoms with E-state index in [1.807, 2.05) is 38.1 Å². The molecule has 2 heterocycles. The zero-order chi connectivity index (χ0) is 24.4. The van der Waals surface area contributed by atoms with E-state index in [4.69, 9.17) is 4.74 Å². The number of pyridine rings is 1. The fourth-order valence-corrected chi connectivity index (χ4v) is 4.06. The lowest BCUT2D eigenvalue weighted by Crippen LogP contribution is -2.30. The third-order valence-corrected chi connectivity index (χ3v) is 5.76. The van der Waals surface area contributed by atoms with Gasteiger partial charge in [-0.3, -0.25) is 14.5 Å². The number of aliphatic hydroxyl groups is 1. The van der Waals surface area contributed by atoms with Crippen LogP contribution in [0.15, 0.2) is 78.5 Å². The van der Waals surface area contributed by atoms with E-state index in [0.29, 0.717) is 23.0 Å². The number of anilines is 1. The fourth-order valence-electron chi connectivity index (χ4n) is 4.06. The summed E-state index contributed by atoms with van der Waals surface area (Å²) in [5, 5.41) is 11.2. The van der Waals surface area contributed by atoms with Gasteiger partial charge in [-0.1, -0.05) is 44.2 Å². The standard InChI is InChI=1S/C28H28N2O4/c1-17(2)19-8-10-20(11-9-19)25-24(26(31)21-12-14-22(15-13-21)34-18(3)4)27(32)28(33)30(25)23-7-5-6-16-29-23/h5-18,25,31H,1-4H3/b26-24+. The van der Waals surface area contributed by atoms with E-state index in [2.05, 4.69) is 18.8 Å². The van der Waals surface area contributed by atoms with Crippen LogP contribution in [0.3, 0.4) is 0 Å². The van der Waals surface area contributed by atoms with E-state index in [9.17, 15) is 14.7 Å². The monoisotopic (exact) mass is 456 g/mol. The number of ether oxygens (including phenoxy) is 1. The number of ketones is 1. The molecule has 6 nitrogen and oxygen atoms in total. The molecule has 0 aliphatic carbocycles. The molecule has 174 valence electrons. The number of rotatable bonds is 6. The van der Waals surface area contributed by atoms with Crippen LogP contribution in [0.4, 0.5) is 5.82 Å². The number of carbonyl (C=O) groups excluding carboxylic acids is 2. The quantitative estimate of drug-likeness (QED) is 0.296. The van der Waals surface area contributed by atoms with Crippen molar-refractivity contribution in [3.63, 3.8) is 0 Å². The molecule has 3 aromatic rings. The maximum absolute atomic E-state index is 13.2. The Morgan fingerprint density at radius 2 is 1.62 bits per heavy atom. The van der Waals surface area contributed by atoms with Gasteiger partial charge in [0, 0.05) is 11.8 Å². The molecule has 0 spiro atoms. The minimum Gasteiger partial charge on any atom is -0.507 e. The predicted molar refractivity (Wildman–Crippen MR) is 132 cm³/mol. The summed E-state index contributed by atoms with van der Waals surface area (Å²) in [5.74, 6) is -0.362. The van der Waals surface area contributed by atoms with Crippen molar-refractivity contribution in [2.24, 2.45) is 0 Å². The van der Waals surface area contributed by atoms with E-state index >= 15 is 0 Å². The molecule has 1 aliphatic rings. The summed E-state index contributed by atoms with van der Waals surface area (Å²) in [4.78, 5) is 32.0. The second-order valence-corrected chi connectivity index (χ2v) is 8.87. The van der Waals surface area contributed by atoms with Gasteiger partial charge in [0.25, 0.3) is 5.78 Å². The number of aliphatic hydroxyl groups excluding tert-OH is 1. The van der Waals surface area contributed by atoms with Crippen molar-refractivity contribution >= 4 is 23.3 Å². The van der Waals surface area contributed by atoms with E-state index in [0.717, 1.165) is 11.1 Å². The molecule has 1 unspecified atom stereocenters. The van der Waals surface area contributed by atoms with Gasteiger partial charge in [-0.2, -0.15) is 0 Å². The van der Waals surface area contributed by atoms with Gasteiger partial charge in [0.05, 0.1) is 17.7 Å². The Bertz CT molecular complexity index is 1210. The first-order valence-electron chi connectivity index (χ1n) is 11.4. The molecule has 1 fully saturated rings. The molecule has 4 rings (SSSR count). The van der Waals surface area contributed by atoms with Crippen molar-refractivity contribution in [3.8, 4) is 5.75 Å². The zero-order valence-corrected chi connectivity index (χ0v) is 19.7. The molecule has 1 atom stereocenters. The van der Waals surface area contributed by atoms with E-state index < -0.39 is 17.7 Å². The molecule has 0 bridgehead atoms. The highest BCUT2D eigenvalue weighted by molar-refractivity contribution is 6.51. The van der Waals surface area contributed by atoms with Crippen LogP contribution < -0.4 is 9.64 Å². The van der Waals surface area contributed by atoms with E-state index in [1.165, 1.54) is 4.90 Å². The lowest BCUT2D eigenvalue weighted by Gasteiger charge is -2.24. The Morgan fingerprint density at radius 1 is 0.941 bits per heavy atom. The SMILES string of the molecule is CC(C)Oc1ccc(/C(O)=C2\C(=O)C(=O)N(c3ccccn3)C2c2ccc(C(C)C)cc2)cc1. The number of benzene rings is 2. The molecule has 1 aliphatic heterocycles. The van der Waals surface area contributed by atoms with Crippen molar-refractivity contribution in [2.45, 2.75) is 45.8 Å². The first kappa shape index (κ1) is 23.2. The molecule has 6 heteroatoms. The van der Waals surface area contributed by atoms with Crippen LogP contribution in [-0.2, 0) is 9.59 Å². The molecule has 2 aromatic carbocycles. The Hall–Kier alpha value is -3.93. The lowest BCUT2D eigenvalue weighted by molar-refractivity contribution is -0.132. The van der Waals surface area contributed by atoms with Crippen molar-refractivity contribution in [1.82, 2.24) is 4.98 Å². The van der Waals surface area contributed by atoms with Crippen LogP contribution in [0.25, 0.3) is 5.76 Å². The molecule has 1 saturated heterocycles. The van der Waals surface area contributed by atoms with Gasteiger partial charge in [0.1, 0.15) is 17.3 Å². The van der Waals surface area contributed by atoms with Crippen molar-refractivity contribution in [1.29, 1.82) is 0 Å². The van der Waals surface area contributed by atoms with Crippen molar-refractivity contribution in [3.05, 3.63) is 95.2 Å². The fraction of sp³-hybridized carbons (Fsp3) is 0.250. The number of hydrogen-bond donors (Lipinski definition) is 1. The normalized spacial score (nSPS) is 17.6. The lowest BCUT2D eigenvalue weighted by atomic mass is 9.93. The first-order valence-corrected chi connectivity index (χ1v) is 11.4. The third kappa shape index (κ3) is 4.44. The minimum atomic E-state index is -0.803. The van der Waals surface area contributed by atoms with Gasteiger partial charge < -0.3 is 9.84 Å². The number of nitrogens with zero attached hydrogens (tertiary/aromatic N) is 2. The topological polar surface area (TPSA) is 79.7 Å². The number of hydrogen-bond acceptors (Lipinski definition) is 5. The van der Waals surface area contributed by atoms with Crippen LogP contribution in [0, 0.1) is 0 Å². The zero-order valence-electron chi connectivity index (χ0n) is 19.7. The summed E-state index contributed by atoms with van der Waals surface area (Å²) in [5.41, 5.74) is 2.32. The van der Waals surface area contributed by atoms with E-state index in [1.54, 1.807) is 48.7 Å². The highest BCUT2D eigenvalue weighted by atomic mass is 16.5. The molecular formula is C28H28N2O4. The smallest absolute Gasteiger partial charge is 0.301 e. The third-order valence-electron chi connectivity index (χ3n) is 5.76. The average Bonchev–Trinajstić information content (AvgIpc) is 3.09. The highest BCUT2D eigenvalue weighted by Crippen LogP contribution is 2.41. The maximum Gasteiger partial charge on any atom is 0.301 e. The summed E-state index contributed by atoms with van der Waals surface area (Å²) in [6.07, 6.45) is 1.58. The summed E-state index contributed by atoms with van der Waals surface area (Å²) in [6.45, 7) is 8.05. The van der Waals surface area contributed by atoms with Gasteiger partial charge >= 0.3 is 5.91 Å². The van der Waals surface area contributed by atoms with Crippen LogP contribution >= 0.6 is 0 Å². The Balaban J connectivity index is 1.85. The molecule has 0 saturated carbocycles. The maximum atomic E-state index is 13.2. The Labute approximate surface area is 199 Å². The van der Waals surface area contributed by atoms with Gasteiger partial charge in [0.15, 0.2) is 0 Å². The van der Waals surface area contributed by atoms with Crippen LogP contribution in [0.2, 0.25) is 0 Å². The second kappa shape index (κ2) is 9.51. The minimum absolute atomic E-state index is 0.0111. The van der Waals surface area contributed by atoms with Gasteiger partial charge in [-0.15, -0.1) is 0 Å². The molecule has 0 radical (unpaired) electrons.